The number of thiazole rings is 1. The summed E-state index contributed by atoms with van der Waals surface area (Å²) < 4.78 is 5.13. The predicted octanol–water partition coefficient (Wildman–Crippen LogP) is 3.04. The fourth-order valence-corrected chi connectivity index (χ4v) is 2.19. The molecule has 1 aromatic heterocycles. The van der Waals surface area contributed by atoms with Gasteiger partial charge < -0.3 is 10.5 Å². The molecule has 0 saturated carbocycles. The van der Waals surface area contributed by atoms with Gasteiger partial charge in [-0.05, 0) is 25.1 Å². The summed E-state index contributed by atoms with van der Waals surface area (Å²) >= 11 is 7.27. The number of hydrogen-bond acceptors (Lipinski definition) is 5. The molecule has 0 saturated heterocycles. The molecule has 0 atom stereocenters. The minimum Gasteiger partial charge on any atom is -0.455 e. The SMILES string of the molecule is Cc1nc(COC(=O)c2ccc(Cl)cc2N)cs1. The lowest BCUT2D eigenvalue weighted by molar-refractivity contribution is 0.0469. The number of carbonyl (C=O) groups is 1. The highest BCUT2D eigenvalue weighted by molar-refractivity contribution is 7.09. The molecule has 0 spiro atoms. The zero-order chi connectivity index (χ0) is 13.1. The molecule has 0 fully saturated rings. The minimum atomic E-state index is -0.477. The van der Waals surface area contributed by atoms with Crippen molar-refractivity contribution >= 4 is 34.6 Å². The van der Waals surface area contributed by atoms with Crippen LogP contribution in [-0.2, 0) is 11.3 Å². The van der Waals surface area contributed by atoms with E-state index in [-0.39, 0.29) is 6.61 Å². The fourth-order valence-electron chi connectivity index (χ4n) is 1.41. The van der Waals surface area contributed by atoms with Crippen LogP contribution in [-0.4, -0.2) is 11.0 Å². The summed E-state index contributed by atoms with van der Waals surface area (Å²) in [6.07, 6.45) is 0. The number of carbonyl (C=O) groups excluding carboxylic acids is 1. The number of aryl methyl sites for hydroxylation is 1. The first kappa shape index (κ1) is 12.9. The third kappa shape index (κ3) is 3.00. The van der Waals surface area contributed by atoms with Crippen molar-refractivity contribution in [2.24, 2.45) is 0 Å². The number of nitrogen functional groups attached to an aromatic ring is 1. The highest BCUT2D eigenvalue weighted by Gasteiger charge is 2.12. The van der Waals surface area contributed by atoms with E-state index in [0.717, 1.165) is 10.7 Å². The molecule has 1 aromatic carbocycles. The van der Waals surface area contributed by atoms with E-state index in [1.165, 1.54) is 17.4 Å². The van der Waals surface area contributed by atoms with Crippen LogP contribution in [0.15, 0.2) is 23.6 Å². The molecule has 4 nitrogen and oxygen atoms in total. The molecule has 18 heavy (non-hydrogen) atoms. The lowest BCUT2D eigenvalue weighted by Gasteiger charge is -2.05. The number of esters is 1. The van der Waals surface area contributed by atoms with Crippen molar-refractivity contribution in [2.45, 2.75) is 13.5 Å². The highest BCUT2D eigenvalue weighted by atomic mass is 35.5. The average molecular weight is 283 g/mol. The Morgan fingerprint density at radius 3 is 2.94 bits per heavy atom. The number of rotatable bonds is 3. The molecule has 0 bridgehead atoms. The number of hydrogen-bond donors (Lipinski definition) is 1. The van der Waals surface area contributed by atoms with Crippen molar-refractivity contribution in [3.63, 3.8) is 0 Å². The molecule has 0 aliphatic carbocycles. The molecule has 94 valence electrons. The third-order valence-corrected chi connectivity index (χ3v) is 3.31. The number of ether oxygens (including phenoxy) is 1. The van der Waals surface area contributed by atoms with Crippen molar-refractivity contribution < 1.29 is 9.53 Å². The summed E-state index contributed by atoms with van der Waals surface area (Å²) in [4.78, 5) is 16.0. The molecule has 0 unspecified atom stereocenters. The predicted molar refractivity (Wildman–Crippen MR) is 71.8 cm³/mol. The zero-order valence-electron chi connectivity index (χ0n) is 9.64. The first-order chi connectivity index (χ1) is 8.56. The maximum Gasteiger partial charge on any atom is 0.340 e. The summed E-state index contributed by atoms with van der Waals surface area (Å²) in [6, 6.07) is 4.67. The van der Waals surface area contributed by atoms with E-state index < -0.39 is 5.97 Å². The molecular weight excluding hydrogens is 272 g/mol. The van der Waals surface area contributed by atoms with Gasteiger partial charge in [0.25, 0.3) is 0 Å². The van der Waals surface area contributed by atoms with Gasteiger partial charge in [-0.3, -0.25) is 0 Å². The van der Waals surface area contributed by atoms with Gasteiger partial charge in [0.2, 0.25) is 0 Å². The summed E-state index contributed by atoms with van der Waals surface area (Å²) in [5, 5.41) is 3.28. The van der Waals surface area contributed by atoms with Crippen LogP contribution < -0.4 is 5.73 Å². The quantitative estimate of drug-likeness (QED) is 0.694. The van der Waals surface area contributed by atoms with Crippen LogP contribution >= 0.6 is 22.9 Å². The van der Waals surface area contributed by atoms with E-state index >= 15 is 0 Å². The van der Waals surface area contributed by atoms with Gasteiger partial charge in [-0.1, -0.05) is 11.6 Å². The van der Waals surface area contributed by atoms with Crippen LogP contribution in [0.25, 0.3) is 0 Å². The maximum absolute atomic E-state index is 11.8. The number of anilines is 1. The standard InChI is InChI=1S/C12H11ClN2O2S/c1-7-15-9(6-18-7)5-17-12(16)10-3-2-8(13)4-11(10)14/h2-4,6H,5,14H2,1H3. The summed E-state index contributed by atoms with van der Waals surface area (Å²) in [5.74, 6) is -0.477. The molecule has 2 aromatic rings. The highest BCUT2D eigenvalue weighted by Crippen LogP contribution is 2.19. The summed E-state index contributed by atoms with van der Waals surface area (Å²) in [6.45, 7) is 2.04. The van der Waals surface area contributed by atoms with Crippen LogP contribution in [0, 0.1) is 6.92 Å². The van der Waals surface area contributed by atoms with Gasteiger partial charge >= 0.3 is 5.97 Å². The van der Waals surface area contributed by atoms with Crippen molar-refractivity contribution in [1.29, 1.82) is 0 Å². The average Bonchev–Trinajstić information content (AvgIpc) is 2.72. The monoisotopic (exact) mass is 282 g/mol. The molecule has 0 aliphatic rings. The Kier molecular flexibility index (Phi) is 3.84. The molecule has 0 radical (unpaired) electrons. The Morgan fingerprint density at radius 2 is 2.33 bits per heavy atom. The van der Waals surface area contributed by atoms with Gasteiger partial charge in [0.1, 0.15) is 6.61 Å². The fraction of sp³-hybridized carbons (Fsp3) is 0.167. The second kappa shape index (κ2) is 5.37. The molecule has 6 heteroatoms. The summed E-state index contributed by atoms with van der Waals surface area (Å²) in [7, 11) is 0. The Morgan fingerprint density at radius 1 is 1.56 bits per heavy atom. The number of nitrogens with two attached hydrogens (primary N) is 1. The number of nitrogens with zero attached hydrogens (tertiary/aromatic N) is 1. The maximum atomic E-state index is 11.8. The lowest BCUT2D eigenvalue weighted by Crippen LogP contribution is -2.08. The Bertz CT molecular complexity index is 583. The van der Waals surface area contributed by atoms with Crippen molar-refractivity contribution in [3.8, 4) is 0 Å². The Hall–Kier alpha value is -1.59. The van der Waals surface area contributed by atoms with Crippen LogP contribution in [0.1, 0.15) is 21.1 Å². The van der Waals surface area contributed by atoms with Crippen LogP contribution in [0.3, 0.4) is 0 Å². The largest absolute Gasteiger partial charge is 0.455 e. The zero-order valence-corrected chi connectivity index (χ0v) is 11.2. The van der Waals surface area contributed by atoms with E-state index in [0.29, 0.717) is 16.3 Å². The Labute approximate surface area is 113 Å². The van der Waals surface area contributed by atoms with Gasteiger partial charge in [-0.2, -0.15) is 0 Å². The van der Waals surface area contributed by atoms with Gasteiger partial charge in [-0.25, -0.2) is 9.78 Å². The van der Waals surface area contributed by atoms with E-state index in [1.54, 1.807) is 12.1 Å². The molecule has 2 N–H and O–H groups in total. The van der Waals surface area contributed by atoms with Crippen molar-refractivity contribution in [2.75, 3.05) is 5.73 Å². The van der Waals surface area contributed by atoms with E-state index in [2.05, 4.69) is 4.98 Å². The van der Waals surface area contributed by atoms with E-state index in [1.807, 2.05) is 12.3 Å². The number of aromatic nitrogens is 1. The first-order valence-corrected chi connectivity index (χ1v) is 6.45. The van der Waals surface area contributed by atoms with Crippen LogP contribution in [0.2, 0.25) is 5.02 Å². The molecule has 0 amide bonds. The van der Waals surface area contributed by atoms with Gasteiger partial charge in [0, 0.05) is 16.1 Å². The van der Waals surface area contributed by atoms with E-state index in [4.69, 9.17) is 22.1 Å². The molecule has 1 heterocycles. The first-order valence-electron chi connectivity index (χ1n) is 5.19. The summed E-state index contributed by atoms with van der Waals surface area (Å²) in [5.41, 5.74) is 7.05. The second-order valence-corrected chi connectivity index (χ2v) is 5.16. The normalized spacial score (nSPS) is 10.3. The van der Waals surface area contributed by atoms with Crippen molar-refractivity contribution in [3.05, 3.63) is 44.9 Å². The molecule has 2 rings (SSSR count). The number of halogens is 1. The Balaban J connectivity index is 2.03. The second-order valence-electron chi connectivity index (χ2n) is 3.67. The van der Waals surface area contributed by atoms with Crippen molar-refractivity contribution in [1.82, 2.24) is 4.98 Å². The van der Waals surface area contributed by atoms with E-state index in [9.17, 15) is 4.79 Å². The molecular formula is C12H11ClN2O2S. The van der Waals surface area contributed by atoms with Gasteiger partial charge in [-0.15, -0.1) is 11.3 Å². The van der Waals surface area contributed by atoms with Crippen LogP contribution in [0.5, 0.6) is 0 Å². The third-order valence-electron chi connectivity index (χ3n) is 2.25. The minimum absolute atomic E-state index is 0.144. The van der Waals surface area contributed by atoms with Gasteiger partial charge in [0.15, 0.2) is 0 Å². The lowest BCUT2D eigenvalue weighted by atomic mass is 10.2. The smallest absolute Gasteiger partial charge is 0.340 e. The molecule has 0 aliphatic heterocycles. The topological polar surface area (TPSA) is 65.2 Å². The number of benzene rings is 1. The van der Waals surface area contributed by atoms with Crippen LogP contribution in [0.4, 0.5) is 5.69 Å². The van der Waals surface area contributed by atoms with Gasteiger partial charge in [0.05, 0.1) is 16.3 Å².